The highest BCUT2D eigenvalue weighted by molar-refractivity contribution is 6.08. The predicted molar refractivity (Wildman–Crippen MR) is 96.4 cm³/mol. The molecule has 124 valence electrons. The maximum atomic E-state index is 12.5. The van der Waals surface area contributed by atoms with E-state index in [1.807, 2.05) is 48.5 Å². The molecule has 0 saturated heterocycles. The summed E-state index contributed by atoms with van der Waals surface area (Å²) in [5, 5.41) is 8.16. The standard InChI is InChI=1S/C19H16N4O2/c1-25-18-9-5-4-8-17(18)23-12-13(10-21-23)19(24)22-16-11-20-15-7-3-2-6-14(15)16/h2-12,20H,1H3,(H,22,24). The summed E-state index contributed by atoms with van der Waals surface area (Å²) in [5.74, 6) is 0.472. The molecule has 0 radical (unpaired) electrons. The molecule has 1 amide bonds. The third kappa shape index (κ3) is 2.74. The highest BCUT2D eigenvalue weighted by atomic mass is 16.5. The molecule has 6 nitrogen and oxygen atoms in total. The van der Waals surface area contributed by atoms with Crippen LogP contribution in [0.4, 0.5) is 5.69 Å². The molecule has 0 aliphatic rings. The topological polar surface area (TPSA) is 71.9 Å². The lowest BCUT2D eigenvalue weighted by molar-refractivity contribution is 0.102. The van der Waals surface area contributed by atoms with Gasteiger partial charge in [0.05, 0.1) is 24.6 Å². The van der Waals surface area contributed by atoms with Crippen LogP contribution in [0.1, 0.15) is 10.4 Å². The van der Waals surface area contributed by atoms with E-state index in [0.717, 1.165) is 22.3 Å². The zero-order valence-electron chi connectivity index (χ0n) is 13.6. The van der Waals surface area contributed by atoms with E-state index < -0.39 is 0 Å². The maximum Gasteiger partial charge on any atom is 0.258 e. The smallest absolute Gasteiger partial charge is 0.258 e. The van der Waals surface area contributed by atoms with Crippen molar-refractivity contribution >= 4 is 22.5 Å². The molecule has 0 spiro atoms. The number of anilines is 1. The van der Waals surface area contributed by atoms with E-state index >= 15 is 0 Å². The van der Waals surface area contributed by atoms with Crippen LogP contribution in [-0.2, 0) is 0 Å². The van der Waals surface area contributed by atoms with Crippen LogP contribution in [0, 0.1) is 0 Å². The van der Waals surface area contributed by atoms with Gasteiger partial charge in [-0.2, -0.15) is 5.10 Å². The molecule has 0 atom stereocenters. The van der Waals surface area contributed by atoms with Crippen molar-refractivity contribution in [3.8, 4) is 11.4 Å². The monoisotopic (exact) mass is 332 g/mol. The van der Waals surface area contributed by atoms with Crippen molar-refractivity contribution in [1.29, 1.82) is 0 Å². The first-order chi connectivity index (χ1) is 12.3. The first-order valence-corrected chi connectivity index (χ1v) is 7.82. The Hall–Kier alpha value is -3.54. The Kier molecular flexibility index (Phi) is 3.70. The van der Waals surface area contributed by atoms with Crippen LogP contribution in [0.5, 0.6) is 5.75 Å². The number of aromatic nitrogens is 3. The van der Waals surface area contributed by atoms with Gasteiger partial charge in [0.15, 0.2) is 0 Å². The lowest BCUT2D eigenvalue weighted by atomic mass is 10.2. The van der Waals surface area contributed by atoms with Crippen LogP contribution in [0.2, 0.25) is 0 Å². The van der Waals surface area contributed by atoms with Gasteiger partial charge in [0.1, 0.15) is 11.4 Å². The number of H-pyrrole nitrogens is 1. The number of para-hydroxylation sites is 3. The Labute approximate surface area is 144 Å². The number of methoxy groups -OCH3 is 1. The third-order valence-corrected chi connectivity index (χ3v) is 4.01. The molecule has 0 aliphatic carbocycles. The van der Waals surface area contributed by atoms with E-state index in [-0.39, 0.29) is 5.91 Å². The molecular formula is C19H16N4O2. The minimum atomic E-state index is -0.217. The van der Waals surface area contributed by atoms with Gasteiger partial charge in [-0.05, 0) is 18.2 Å². The number of nitrogens with one attached hydrogen (secondary N) is 2. The number of hydrogen-bond acceptors (Lipinski definition) is 3. The number of carbonyl (C=O) groups is 1. The van der Waals surface area contributed by atoms with Crippen LogP contribution < -0.4 is 10.1 Å². The predicted octanol–water partition coefficient (Wildman–Crippen LogP) is 3.61. The average Bonchev–Trinajstić information content (AvgIpc) is 3.29. The fourth-order valence-corrected chi connectivity index (χ4v) is 2.76. The number of nitrogens with zero attached hydrogens (tertiary/aromatic N) is 2. The zero-order chi connectivity index (χ0) is 17.2. The minimum absolute atomic E-state index is 0.217. The molecule has 2 aromatic carbocycles. The number of amides is 1. The Bertz CT molecular complexity index is 1050. The van der Waals surface area contributed by atoms with Gasteiger partial charge in [-0.3, -0.25) is 4.79 Å². The molecule has 0 bridgehead atoms. The fourth-order valence-electron chi connectivity index (χ4n) is 2.76. The van der Waals surface area contributed by atoms with E-state index in [1.54, 1.807) is 24.2 Å². The second kappa shape index (κ2) is 6.16. The van der Waals surface area contributed by atoms with Crippen molar-refractivity contribution in [2.75, 3.05) is 12.4 Å². The molecule has 4 rings (SSSR count). The number of carbonyl (C=O) groups excluding carboxylic acids is 1. The van der Waals surface area contributed by atoms with Crippen LogP contribution >= 0.6 is 0 Å². The molecule has 0 aliphatic heterocycles. The molecule has 0 fully saturated rings. The van der Waals surface area contributed by atoms with Gasteiger partial charge in [0.25, 0.3) is 5.91 Å². The van der Waals surface area contributed by atoms with E-state index in [1.165, 1.54) is 6.20 Å². The molecule has 6 heteroatoms. The van der Waals surface area contributed by atoms with Crippen LogP contribution in [0.15, 0.2) is 67.1 Å². The third-order valence-electron chi connectivity index (χ3n) is 4.01. The van der Waals surface area contributed by atoms with Crippen molar-refractivity contribution in [2.24, 2.45) is 0 Å². The summed E-state index contributed by atoms with van der Waals surface area (Å²) in [6.07, 6.45) is 5.01. The summed E-state index contributed by atoms with van der Waals surface area (Å²) in [5.41, 5.74) is 2.96. The van der Waals surface area contributed by atoms with Gasteiger partial charge in [0, 0.05) is 23.3 Å². The lowest BCUT2D eigenvalue weighted by Crippen LogP contribution is -2.10. The van der Waals surface area contributed by atoms with Gasteiger partial charge < -0.3 is 15.0 Å². The van der Waals surface area contributed by atoms with Gasteiger partial charge in [-0.1, -0.05) is 30.3 Å². The molecule has 2 heterocycles. The first kappa shape index (κ1) is 15.0. The number of fused-ring (bicyclic) bond motifs is 1. The molecule has 2 N–H and O–H groups in total. The largest absolute Gasteiger partial charge is 0.494 e. The van der Waals surface area contributed by atoms with Gasteiger partial charge in [-0.15, -0.1) is 0 Å². The summed E-state index contributed by atoms with van der Waals surface area (Å²) in [4.78, 5) is 15.7. The number of aromatic amines is 1. The Balaban J connectivity index is 1.60. The van der Waals surface area contributed by atoms with Gasteiger partial charge >= 0.3 is 0 Å². The summed E-state index contributed by atoms with van der Waals surface area (Å²) in [6.45, 7) is 0. The summed E-state index contributed by atoms with van der Waals surface area (Å²) in [7, 11) is 1.60. The van der Waals surface area contributed by atoms with Crippen LogP contribution in [0.3, 0.4) is 0 Å². The highest BCUT2D eigenvalue weighted by Crippen LogP contribution is 2.24. The van der Waals surface area contributed by atoms with Crippen molar-refractivity contribution < 1.29 is 9.53 Å². The quantitative estimate of drug-likeness (QED) is 0.599. The van der Waals surface area contributed by atoms with Gasteiger partial charge in [0.2, 0.25) is 0 Å². The molecular weight excluding hydrogens is 316 g/mol. The van der Waals surface area contributed by atoms with Crippen molar-refractivity contribution in [1.82, 2.24) is 14.8 Å². The van der Waals surface area contributed by atoms with Gasteiger partial charge in [-0.25, -0.2) is 4.68 Å². The minimum Gasteiger partial charge on any atom is -0.494 e. The van der Waals surface area contributed by atoms with E-state index in [9.17, 15) is 4.79 Å². The summed E-state index contributed by atoms with van der Waals surface area (Å²) >= 11 is 0. The zero-order valence-corrected chi connectivity index (χ0v) is 13.6. The van der Waals surface area contributed by atoms with E-state index in [4.69, 9.17) is 4.74 Å². The van der Waals surface area contributed by atoms with Crippen molar-refractivity contribution in [3.63, 3.8) is 0 Å². The number of benzene rings is 2. The number of ether oxygens (including phenoxy) is 1. The highest BCUT2D eigenvalue weighted by Gasteiger charge is 2.13. The molecule has 25 heavy (non-hydrogen) atoms. The van der Waals surface area contributed by atoms with Crippen molar-refractivity contribution in [3.05, 3.63) is 72.7 Å². The average molecular weight is 332 g/mol. The molecule has 0 saturated carbocycles. The Morgan fingerprint density at radius 2 is 1.96 bits per heavy atom. The summed E-state index contributed by atoms with van der Waals surface area (Å²) in [6, 6.07) is 15.3. The normalized spacial score (nSPS) is 10.8. The lowest BCUT2D eigenvalue weighted by Gasteiger charge is -2.07. The molecule has 0 unspecified atom stereocenters. The Morgan fingerprint density at radius 1 is 1.16 bits per heavy atom. The first-order valence-electron chi connectivity index (χ1n) is 7.82. The second-order valence-corrected chi connectivity index (χ2v) is 5.55. The molecule has 2 aromatic heterocycles. The van der Waals surface area contributed by atoms with E-state index in [0.29, 0.717) is 11.3 Å². The number of rotatable bonds is 4. The fraction of sp³-hybridized carbons (Fsp3) is 0.0526. The van der Waals surface area contributed by atoms with E-state index in [2.05, 4.69) is 15.4 Å². The SMILES string of the molecule is COc1ccccc1-n1cc(C(=O)Nc2c[nH]c3ccccc23)cn1. The number of hydrogen-bond donors (Lipinski definition) is 2. The van der Waals surface area contributed by atoms with Crippen LogP contribution in [0.25, 0.3) is 16.6 Å². The van der Waals surface area contributed by atoms with Crippen molar-refractivity contribution in [2.45, 2.75) is 0 Å². The molecule has 4 aromatic rings. The maximum absolute atomic E-state index is 12.5. The second-order valence-electron chi connectivity index (χ2n) is 5.55. The van der Waals surface area contributed by atoms with Crippen LogP contribution in [-0.4, -0.2) is 27.8 Å². The summed E-state index contributed by atoms with van der Waals surface area (Å²) < 4.78 is 6.97. The Morgan fingerprint density at radius 3 is 2.84 bits per heavy atom.